The van der Waals surface area contributed by atoms with Crippen LogP contribution in [0.3, 0.4) is 0 Å². The molecule has 2 aromatic heterocycles. The molecule has 2 heterocycles. The van der Waals surface area contributed by atoms with Gasteiger partial charge in [0.2, 0.25) is 0 Å². The highest BCUT2D eigenvalue weighted by atomic mass is 127. The molecule has 14 heavy (non-hydrogen) atoms. The van der Waals surface area contributed by atoms with E-state index in [4.69, 9.17) is 23.2 Å². The molecular formula is C7H3Cl2IN4. The minimum atomic E-state index is 0.331. The summed E-state index contributed by atoms with van der Waals surface area (Å²) in [4.78, 5) is 15.0. The molecular weight excluding hydrogens is 338 g/mol. The predicted octanol–water partition coefficient (Wildman–Crippen LogP) is 2.78. The van der Waals surface area contributed by atoms with Gasteiger partial charge in [-0.05, 0) is 22.6 Å². The maximum atomic E-state index is 5.85. The Bertz CT molecular complexity index is 434. The minimum Gasteiger partial charge on any atom is -0.342 e. The van der Waals surface area contributed by atoms with Crippen LogP contribution in [-0.2, 0) is 0 Å². The van der Waals surface area contributed by atoms with Crippen molar-refractivity contribution in [2.45, 2.75) is 0 Å². The summed E-state index contributed by atoms with van der Waals surface area (Å²) in [5.41, 5.74) is 0. The Balaban J connectivity index is 2.57. The first-order chi connectivity index (χ1) is 6.68. The van der Waals surface area contributed by atoms with Crippen molar-refractivity contribution in [3.8, 4) is 11.6 Å². The summed E-state index contributed by atoms with van der Waals surface area (Å²) in [6.07, 6.45) is 3.29. The second-order valence-electron chi connectivity index (χ2n) is 2.38. The molecule has 0 aliphatic heterocycles. The van der Waals surface area contributed by atoms with Gasteiger partial charge in [-0.15, -0.1) is 0 Å². The zero-order valence-corrected chi connectivity index (χ0v) is 10.3. The number of imidazole rings is 1. The molecule has 0 radical (unpaired) electrons. The summed E-state index contributed by atoms with van der Waals surface area (Å²) in [7, 11) is 0. The van der Waals surface area contributed by atoms with Gasteiger partial charge in [-0.2, -0.15) is 0 Å². The number of rotatable bonds is 1. The Labute approximate surface area is 103 Å². The van der Waals surface area contributed by atoms with Crippen molar-refractivity contribution in [2.24, 2.45) is 0 Å². The number of nitrogens with zero attached hydrogens (tertiary/aromatic N) is 3. The van der Waals surface area contributed by atoms with Gasteiger partial charge < -0.3 is 4.98 Å². The van der Waals surface area contributed by atoms with E-state index < -0.39 is 0 Å². The van der Waals surface area contributed by atoms with Gasteiger partial charge in [0.15, 0.2) is 11.6 Å². The van der Waals surface area contributed by atoms with E-state index in [1.165, 1.54) is 0 Å². The molecule has 0 unspecified atom stereocenters. The fourth-order valence-corrected chi connectivity index (χ4v) is 1.52. The first-order valence-corrected chi connectivity index (χ1v) is 5.40. The van der Waals surface area contributed by atoms with E-state index in [1.807, 2.05) is 22.6 Å². The Morgan fingerprint density at radius 1 is 1.21 bits per heavy atom. The zero-order chi connectivity index (χ0) is 10.1. The minimum absolute atomic E-state index is 0.331. The lowest BCUT2D eigenvalue weighted by Gasteiger charge is -2.00. The van der Waals surface area contributed by atoms with Crippen molar-refractivity contribution in [2.75, 3.05) is 0 Å². The SMILES string of the molecule is Clc1nc(-c2ncc[nH]2)nc(Cl)c1I. The van der Waals surface area contributed by atoms with Crippen LogP contribution in [0.25, 0.3) is 11.6 Å². The average molecular weight is 341 g/mol. The maximum absolute atomic E-state index is 5.85. The van der Waals surface area contributed by atoms with E-state index in [2.05, 4.69) is 19.9 Å². The molecule has 0 saturated heterocycles. The number of nitrogens with one attached hydrogen (secondary N) is 1. The summed E-state index contributed by atoms with van der Waals surface area (Å²) in [5.74, 6) is 0.940. The van der Waals surface area contributed by atoms with E-state index in [1.54, 1.807) is 12.4 Å². The third-order valence-corrected chi connectivity index (χ3v) is 3.69. The molecule has 0 bridgehead atoms. The van der Waals surface area contributed by atoms with Gasteiger partial charge in [-0.3, -0.25) is 0 Å². The van der Waals surface area contributed by atoms with Crippen molar-refractivity contribution in [1.82, 2.24) is 19.9 Å². The van der Waals surface area contributed by atoms with Gasteiger partial charge in [0.05, 0.1) is 3.57 Å². The van der Waals surface area contributed by atoms with Crippen LogP contribution in [-0.4, -0.2) is 19.9 Å². The maximum Gasteiger partial charge on any atom is 0.198 e. The van der Waals surface area contributed by atoms with Crippen molar-refractivity contribution < 1.29 is 0 Å². The number of hydrogen-bond acceptors (Lipinski definition) is 3. The number of H-pyrrole nitrogens is 1. The number of aromatic nitrogens is 4. The molecule has 0 aromatic carbocycles. The van der Waals surface area contributed by atoms with Gasteiger partial charge in [-0.1, -0.05) is 23.2 Å². The van der Waals surface area contributed by atoms with Gasteiger partial charge in [0.25, 0.3) is 0 Å². The molecule has 0 spiro atoms. The van der Waals surface area contributed by atoms with Crippen LogP contribution in [0, 0.1) is 3.57 Å². The van der Waals surface area contributed by atoms with Crippen LogP contribution >= 0.6 is 45.8 Å². The Hall–Kier alpha value is -0.400. The number of halogens is 3. The molecule has 0 saturated carbocycles. The lowest BCUT2D eigenvalue weighted by Crippen LogP contribution is -1.94. The van der Waals surface area contributed by atoms with E-state index in [0.29, 0.717) is 25.5 Å². The van der Waals surface area contributed by atoms with Crippen molar-refractivity contribution in [3.63, 3.8) is 0 Å². The van der Waals surface area contributed by atoms with Crippen LogP contribution in [0.2, 0.25) is 10.3 Å². The fourth-order valence-electron chi connectivity index (χ4n) is 0.888. The molecule has 0 aliphatic rings. The first-order valence-electron chi connectivity index (χ1n) is 3.57. The molecule has 0 amide bonds. The summed E-state index contributed by atoms with van der Waals surface area (Å²) in [6.45, 7) is 0. The highest BCUT2D eigenvalue weighted by Crippen LogP contribution is 2.25. The lowest BCUT2D eigenvalue weighted by molar-refractivity contribution is 1.11. The van der Waals surface area contributed by atoms with Crippen LogP contribution in [0.5, 0.6) is 0 Å². The molecule has 0 fully saturated rings. The fraction of sp³-hybridized carbons (Fsp3) is 0. The zero-order valence-electron chi connectivity index (χ0n) is 6.63. The average Bonchev–Trinajstić information content (AvgIpc) is 2.66. The Morgan fingerprint density at radius 3 is 2.36 bits per heavy atom. The topological polar surface area (TPSA) is 54.5 Å². The van der Waals surface area contributed by atoms with E-state index in [-0.39, 0.29) is 0 Å². The first kappa shape index (κ1) is 10.1. The van der Waals surface area contributed by atoms with E-state index in [0.717, 1.165) is 0 Å². The number of aromatic amines is 1. The second kappa shape index (κ2) is 4.00. The lowest BCUT2D eigenvalue weighted by atomic mass is 10.5. The van der Waals surface area contributed by atoms with Gasteiger partial charge in [-0.25, -0.2) is 15.0 Å². The quantitative estimate of drug-likeness (QED) is 0.641. The highest BCUT2D eigenvalue weighted by Gasteiger charge is 2.11. The molecule has 2 aromatic rings. The standard InChI is InChI=1S/C7H3Cl2IN4/c8-4-3(10)5(9)14-7(13-4)6-11-1-2-12-6/h1-2H,(H,11,12). The van der Waals surface area contributed by atoms with Crippen molar-refractivity contribution >= 4 is 45.8 Å². The van der Waals surface area contributed by atoms with E-state index in [9.17, 15) is 0 Å². The van der Waals surface area contributed by atoms with Gasteiger partial charge in [0.1, 0.15) is 10.3 Å². The molecule has 72 valence electrons. The van der Waals surface area contributed by atoms with Crippen LogP contribution in [0.15, 0.2) is 12.4 Å². The molecule has 1 N–H and O–H groups in total. The van der Waals surface area contributed by atoms with Crippen LogP contribution in [0.1, 0.15) is 0 Å². The van der Waals surface area contributed by atoms with Gasteiger partial charge in [0, 0.05) is 12.4 Å². The summed E-state index contributed by atoms with van der Waals surface area (Å²) in [6, 6.07) is 0. The highest BCUT2D eigenvalue weighted by molar-refractivity contribution is 14.1. The van der Waals surface area contributed by atoms with Gasteiger partial charge >= 0.3 is 0 Å². The summed E-state index contributed by atoms with van der Waals surface area (Å²) < 4.78 is 0.640. The molecule has 0 aliphatic carbocycles. The van der Waals surface area contributed by atoms with Crippen molar-refractivity contribution in [3.05, 3.63) is 26.3 Å². The van der Waals surface area contributed by atoms with Crippen molar-refractivity contribution in [1.29, 1.82) is 0 Å². The Kier molecular flexibility index (Phi) is 2.89. The smallest absolute Gasteiger partial charge is 0.198 e. The molecule has 7 heteroatoms. The molecule has 2 rings (SSSR count). The second-order valence-corrected chi connectivity index (χ2v) is 4.18. The summed E-state index contributed by atoms with van der Waals surface area (Å²) in [5, 5.41) is 0.661. The largest absolute Gasteiger partial charge is 0.342 e. The molecule has 0 atom stereocenters. The van der Waals surface area contributed by atoms with Crippen LogP contribution in [0.4, 0.5) is 0 Å². The normalized spacial score (nSPS) is 10.5. The third-order valence-electron chi connectivity index (χ3n) is 1.48. The monoisotopic (exact) mass is 340 g/mol. The third kappa shape index (κ3) is 1.84. The van der Waals surface area contributed by atoms with Crippen LogP contribution < -0.4 is 0 Å². The Morgan fingerprint density at radius 2 is 1.86 bits per heavy atom. The summed E-state index contributed by atoms with van der Waals surface area (Å²) >= 11 is 13.7. The van der Waals surface area contributed by atoms with E-state index >= 15 is 0 Å². The molecule has 4 nitrogen and oxygen atoms in total. The number of hydrogen-bond donors (Lipinski definition) is 1. The predicted molar refractivity (Wildman–Crippen MR) is 62.4 cm³/mol.